The van der Waals surface area contributed by atoms with Crippen LogP contribution in [0.25, 0.3) is 5.57 Å². The fraction of sp³-hybridized carbons (Fsp3) is 0.474. The van der Waals surface area contributed by atoms with E-state index in [4.69, 9.17) is 0 Å². The van der Waals surface area contributed by atoms with E-state index in [-0.39, 0.29) is 12.5 Å². The summed E-state index contributed by atoms with van der Waals surface area (Å²) in [4.78, 5) is 25.6. The fourth-order valence-electron chi connectivity index (χ4n) is 2.66. The maximum atomic E-state index is 11.9. The summed E-state index contributed by atoms with van der Waals surface area (Å²) in [6.07, 6.45) is 3.98. The standard InChI is InChI=1S/C19H27N3O2/c1-15(2)8-11-20-19(24)21-18(23)14-22-12-9-17(10-13-22)16-6-4-3-5-7-16/h3-7,9,15H,8,10-14H2,1-2H3,(H2,20,21,23,24). The van der Waals surface area contributed by atoms with Crippen LogP contribution in [0.3, 0.4) is 0 Å². The Balaban J connectivity index is 1.72. The summed E-state index contributed by atoms with van der Waals surface area (Å²) in [6, 6.07) is 9.89. The molecule has 5 nitrogen and oxygen atoms in total. The van der Waals surface area contributed by atoms with Crippen molar-refractivity contribution in [3.63, 3.8) is 0 Å². The van der Waals surface area contributed by atoms with Crippen LogP contribution in [0.5, 0.6) is 0 Å². The molecule has 0 unspecified atom stereocenters. The van der Waals surface area contributed by atoms with Gasteiger partial charge >= 0.3 is 6.03 Å². The second kappa shape index (κ2) is 9.23. The van der Waals surface area contributed by atoms with Crippen LogP contribution >= 0.6 is 0 Å². The highest BCUT2D eigenvalue weighted by atomic mass is 16.2. The van der Waals surface area contributed by atoms with Crippen molar-refractivity contribution in [3.8, 4) is 0 Å². The van der Waals surface area contributed by atoms with Crippen molar-refractivity contribution >= 4 is 17.5 Å². The van der Waals surface area contributed by atoms with Crippen LogP contribution in [-0.4, -0.2) is 43.0 Å². The lowest BCUT2D eigenvalue weighted by atomic mass is 10.00. The number of carbonyl (C=O) groups is 2. The largest absolute Gasteiger partial charge is 0.338 e. The molecule has 5 heteroatoms. The second-order valence-corrected chi connectivity index (χ2v) is 6.57. The van der Waals surface area contributed by atoms with Gasteiger partial charge in [0.15, 0.2) is 0 Å². The fourth-order valence-corrected chi connectivity index (χ4v) is 2.66. The van der Waals surface area contributed by atoms with E-state index >= 15 is 0 Å². The molecule has 0 bridgehead atoms. The Morgan fingerprint density at radius 1 is 1.21 bits per heavy atom. The van der Waals surface area contributed by atoms with Crippen molar-refractivity contribution in [1.29, 1.82) is 0 Å². The van der Waals surface area contributed by atoms with Crippen LogP contribution in [0.4, 0.5) is 4.79 Å². The van der Waals surface area contributed by atoms with E-state index < -0.39 is 6.03 Å². The van der Waals surface area contributed by atoms with Crippen LogP contribution in [-0.2, 0) is 4.79 Å². The molecule has 0 aromatic heterocycles. The van der Waals surface area contributed by atoms with Gasteiger partial charge in [-0.2, -0.15) is 0 Å². The summed E-state index contributed by atoms with van der Waals surface area (Å²) < 4.78 is 0. The molecule has 2 N–H and O–H groups in total. The third kappa shape index (κ3) is 6.16. The lowest BCUT2D eigenvalue weighted by Crippen LogP contribution is -2.45. The number of hydrogen-bond donors (Lipinski definition) is 2. The van der Waals surface area contributed by atoms with Crippen LogP contribution in [0.2, 0.25) is 0 Å². The molecule has 1 aliphatic rings. The molecule has 0 saturated heterocycles. The number of imide groups is 1. The van der Waals surface area contributed by atoms with Gasteiger partial charge in [-0.05, 0) is 29.9 Å². The number of urea groups is 1. The Labute approximate surface area is 144 Å². The van der Waals surface area contributed by atoms with Crippen molar-refractivity contribution in [2.75, 3.05) is 26.2 Å². The molecule has 0 atom stereocenters. The van der Waals surface area contributed by atoms with Crippen LogP contribution in [0.1, 0.15) is 32.3 Å². The molecule has 0 fully saturated rings. The Kier molecular flexibility index (Phi) is 7.00. The summed E-state index contributed by atoms with van der Waals surface area (Å²) in [7, 11) is 0. The van der Waals surface area contributed by atoms with E-state index in [0.717, 1.165) is 25.9 Å². The summed E-state index contributed by atoms with van der Waals surface area (Å²) in [6.45, 7) is 6.58. The van der Waals surface area contributed by atoms with Gasteiger partial charge in [-0.15, -0.1) is 0 Å². The van der Waals surface area contributed by atoms with E-state index in [1.165, 1.54) is 11.1 Å². The molecular weight excluding hydrogens is 302 g/mol. The van der Waals surface area contributed by atoms with E-state index in [1.807, 2.05) is 23.1 Å². The maximum absolute atomic E-state index is 11.9. The first-order valence-corrected chi connectivity index (χ1v) is 8.59. The summed E-state index contributed by atoms with van der Waals surface area (Å²) in [5, 5.41) is 5.10. The van der Waals surface area contributed by atoms with Gasteiger partial charge in [0.25, 0.3) is 0 Å². The van der Waals surface area contributed by atoms with Crippen LogP contribution in [0, 0.1) is 5.92 Å². The lowest BCUT2D eigenvalue weighted by Gasteiger charge is -2.25. The van der Waals surface area contributed by atoms with Gasteiger partial charge in [-0.1, -0.05) is 50.3 Å². The van der Waals surface area contributed by atoms with Crippen molar-refractivity contribution in [2.45, 2.75) is 26.7 Å². The molecule has 2 rings (SSSR count). The highest BCUT2D eigenvalue weighted by Gasteiger charge is 2.16. The SMILES string of the molecule is CC(C)CCNC(=O)NC(=O)CN1CC=C(c2ccccc2)CC1. The third-order valence-electron chi connectivity index (χ3n) is 4.07. The van der Waals surface area contributed by atoms with E-state index in [1.54, 1.807) is 0 Å². The summed E-state index contributed by atoms with van der Waals surface area (Å²) in [5.74, 6) is 0.272. The maximum Gasteiger partial charge on any atom is 0.321 e. The minimum absolute atomic E-state index is 0.246. The Morgan fingerprint density at radius 2 is 1.96 bits per heavy atom. The quantitative estimate of drug-likeness (QED) is 0.843. The average molecular weight is 329 g/mol. The molecule has 1 aromatic rings. The zero-order chi connectivity index (χ0) is 17.4. The lowest BCUT2D eigenvalue weighted by molar-refractivity contribution is -0.121. The number of hydrogen-bond acceptors (Lipinski definition) is 3. The van der Waals surface area contributed by atoms with Gasteiger partial charge in [0.2, 0.25) is 5.91 Å². The van der Waals surface area contributed by atoms with E-state index in [2.05, 4.69) is 42.7 Å². The molecule has 0 spiro atoms. The molecule has 1 aromatic carbocycles. The number of carbonyl (C=O) groups excluding carboxylic acids is 2. The van der Waals surface area contributed by atoms with Gasteiger partial charge in [0, 0.05) is 19.6 Å². The summed E-state index contributed by atoms with van der Waals surface area (Å²) in [5.41, 5.74) is 2.56. The first-order valence-electron chi connectivity index (χ1n) is 8.59. The first kappa shape index (κ1) is 18.2. The highest BCUT2D eigenvalue weighted by Crippen LogP contribution is 2.21. The van der Waals surface area contributed by atoms with E-state index in [0.29, 0.717) is 12.5 Å². The predicted octanol–water partition coefficient (Wildman–Crippen LogP) is 2.65. The molecule has 0 saturated carbocycles. The van der Waals surface area contributed by atoms with Gasteiger partial charge in [0.05, 0.1) is 6.54 Å². The summed E-state index contributed by atoms with van der Waals surface area (Å²) >= 11 is 0. The molecule has 130 valence electrons. The Hall–Kier alpha value is -2.14. The van der Waals surface area contributed by atoms with Crippen molar-refractivity contribution in [2.24, 2.45) is 5.92 Å². The van der Waals surface area contributed by atoms with Crippen molar-refractivity contribution in [3.05, 3.63) is 42.0 Å². The van der Waals surface area contributed by atoms with Gasteiger partial charge < -0.3 is 5.32 Å². The van der Waals surface area contributed by atoms with Crippen molar-refractivity contribution < 1.29 is 9.59 Å². The number of benzene rings is 1. The zero-order valence-corrected chi connectivity index (χ0v) is 14.5. The first-order chi connectivity index (χ1) is 11.5. The molecule has 1 aliphatic heterocycles. The number of amides is 3. The van der Waals surface area contributed by atoms with E-state index in [9.17, 15) is 9.59 Å². The van der Waals surface area contributed by atoms with Crippen molar-refractivity contribution in [1.82, 2.24) is 15.5 Å². The van der Waals surface area contributed by atoms with Gasteiger partial charge in [-0.3, -0.25) is 15.0 Å². The molecular formula is C19H27N3O2. The van der Waals surface area contributed by atoms with Gasteiger partial charge in [-0.25, -0.2) is 4.79 Å². The minimum atomic E-state index is -0.404. The Morgan fingerprint density at radius 3 is 2.58 bits per heavy atom. The number of nitrogens with zero attached hydrogens (tertiary/aromatic N) is 1. The van der Waals surface area contributed by atoms with Crippen LogP contribution < -0.4 is 10.6 Å². The molecule has 1 heterocycles. The predicted molar refractivity (Wildman–Crippen MR) is 96.5 cm³/mol. The second-order valence-electron chi connectivity index (χ2n) is 6.57. The normalized spacial score (nSPS) is 15.0. The molecule has 0 aliphatic carbocycles. The van der Waals surface area contributed by atoms with Crippen LogP contribution in [0.15, 0.2) is 36.4 Å². The monoisotopic (exact) mass is 329 g/mol. The third-order valence-corrected chi connectivity index (χ3v) is 4.07. The number of nitrogens with one attached hydrogen (secondary N) is 2. The van der Waals surface area contributed by atoms with Gasteiger partial charge in [0.1, 0.15) is 0 Å². The average Bonchev–Trinajstić information content (AvgIpc) is 2.56. The molecule has 24 heavy (non-hydrogen) atoms. The molecule has 0 radical (unpaired) electrons. The molecule has 3 amide bonds. The Bertz CT molecular complexity index is 582. The smallest absolute Gasteiger partial charge is 0.321 e. The minimum Gasteiger partial charge on any atom is -0.338 e. The highest BCUT2D eigenvalue weighted by molar-refractivity contribution is 5.95. The topological polar surface area (TPSA) is 61.4 Å². The zero-order valence-electron chi connectivity index (χ0n) is 14.5. The number of rotatable bonds is 6.